The van der Waals surface area contributed by atoms with Gasteiger partial charge in [-0.3, -0.25) is 4.79 Å². The highest BCUT2D eigenvalue weighted by molar-refractivity contribution is 9.10. The molecule has 19 heavy (non-hydrogen) atoms. The molecule has 0 radical (unpaired) electrons. The summed E-state index contributed by atoms with van der Waals surface area (Å²) in [5.41, 5.74) is 0.468. The summed E-state index contributed by atoms with van der Waals surface area (Å²) in [5.74, 6) is -0.389. The van der Waals surface area contributed by atoms with E-state index in [1.807, 2.05) is 0 Å². The van der Waals surface area contributed by atoms with Gasteiger partial charge in [0, 0.05) is 10.0 Å². The summed E-state index contributed by atoms with van der Waals surface area (Å²) in [4.78, 5) is 22.5. The van der Waals surface area contributed by atoms with Gasteiger partial charge >= 0.3 is 5.97 Å². The van der Waals surface area contributed by atoms with Crippen molar-refractivity contribution < 1.29 is 28.9 Å². The number of rotatable bonds is 4. The van der Waals surface area contributed by atoms with E-state index in [0.717, 1.165) is 0 Å². The predicted molar refractivity (Wildman–Crippen MR) is 67.2 cm³/mol. The lowest BCUT2D eigenvalue weighted by Gasteiger charge is -2.13. The second-order valence-corrected chi connectivity index (χ2v) is 4.55. The van der Waals surface area contributed by atoms with Gasteiger partial charge in [-0.15, -0.1) is 0 Å². The van der Waals surface area contributed by atoms with Gasteiger partial charge in [-0.2, -0.15) is 0 Å². The first-order valence-electron chi connectivity index (χ1n) is 5.52. The van der Waals surface area contributed by atoms with Crippen LogP contribution < -0.4 is 9.47 Å². The molecule has 1 atom stereocenters. The van der Waals surface area contributed by atoms with Crippen LogP contribution in [0.2, 0.25) is 0 Å². The van der Waals surface area contributed by atoms with Crippen LogP contribution in [0.3, 0.4) is 0 Å². The molecule has 0 saturated heterocycles. The van der Waals surface area contributed by atoms with Crippen LogP contribution in [0.25, 0.3) is 0 Å². The van der Waals surface area contributed by atoms with Gasteiger partial charge in [0.15, 0.2) is 23.9 Å². The summed E-state index contributed by atoms with van der Waals surface area (Å²) in [6.07, 6.45) is -0.884. The first kappa shape index (κ1) is 13.8. The number of aldehydes is 1. The average molecular weight is 331 g/mol. The Balaban J connectivity index is 2.48. The van der Waals surface area contributed by atoms with E-state index < -0.39 is 12.1 Å². The number of esters is 1. The minimum absolute atomic E-state index is 0.0742. The number of fused-ring (bicyclic) bond motifs is 1. The highest BCUT2D eigenvalue weighted by Crippen LogP contribution is 2.44. The van der Waals surface area contributed by atoms with Gasteiger partial charge in [0.2, 0.25) is 6.79 Å². The van der Waals surface area contributed by atoms with E-state index >= 15 is 0 Å². The normalized spacial score (nSPS) is 14.1. The molecule has 0 aromatic heterocycles. The van der Waals surface area contributed by atoms with Crippen LogP contribution in [-0.4, -0.2) is 30.8 Å². The topological polar surface area (TPSA) is 82.1 Å². The molecule has 1 aromatic carbocycles. The summed E-state index contributed by atoms with van der Waals surface area (Å²) in [6, 6.07) is 1.44. The first-order chi connectivity index (χ1) is 9.10. The zero-order valence-electron chi connectivity index (χ0n) is 10.0. The molecule has 1 heterocycles. The molecule has 1 unspecified atom stereocenters. The Labute approximate surface area is 117 Å². The minimum atomic E-state index is -1.49. The Morgan fingerprint density at radius 1 is 1.58 bits per heavy atom. The van der Waals surface area contributed by atoms with E-state index in [1.54, 1.807) is 6.92 Å². The highest BCUT2D eigenvalue weighted by Gasteiger charge is 2.31. The lowest BCUT2D eigenvalue weighted by Crippen LogP contribution is -2.16. The quantitative estimate of drug-likeness (QED) is 0.666. The molecule has 2 rings (SSSR count). The molecule has 0 bridgehead atoms. The van der Waals surface area contributed by atoms with Crippen LogP contribution >= 0.6 is 15.9 Å². The Kier molecular flexibility index (Phi) is 4.06. The Morgan fingerprint density at radius 3 is 2.89 bits per heavy atom. The monoisotopic (exact) mass is 330 g/mol. The highest BCUT2D eigenvalue weighted by atomic mass is 79.9. The molecule has 0 spiro atoms. The molecular formula is C12H11BrO6. The molecule has 6 nitrogen and oxygen atoms in total. The maximum absolute atomic E-state index is 11.6. The lowest BCUT2D eigenvalue weighted by molar-refractivity contribution is -0.153. The summed E-state index contributed by atoms with van der Waals surface area (Å²) in [5, 5.41) is 9.95. The van der Waals surface area contributed by atoms with E-state index in [4.69, 9.17) is 14.2 Å². The number of aliphatic hydroxyl groups is 1. The molecule has 7 heteroatoms. The molecule has 1 N–H and O–H groups in total. The van der Waals surface area contributed by atoms with Gasteiger partial charge < -0.3 is 19.3 Å². The number of hydrogen-bond acceptors (Lipinski definition) is 6. The van der Waals surface area contributed by atoms with Crippen molar-refractivity contribution in [3.8, 4) is 11.5 Å². The zero-order chi connectivity index (χ0) is 14.0. The maximum atomic E-state index is 11.6. The number of carbonyl (C=O) groups is 2. The Morgan fingerprint density at radius 2 is 2.26 bits per heavy atom. The smallest absolute Gasteiger partial charge is 0.339 e. The fourth-order valence-corrected chi connectivity index (χ4v) is 2.26. The van der Waals surface area contributed by atoms with Crippen molar-refractivity contribution >= 4 is 28.2 Å². The lowest BCUT2D eigenvalue weighted by atomic mass is 10.0. The second-order valence-electron chi connectivity index (χ2n) is 3.70. The Bertz CT molecular complexity index is 527. The third kappa shape index (κ3) is 2.43. The standard InChI is InChI=1S/C12H11BrO6/c1-2-17-12(16)9(15)6-3-8(13)7(4-14)11-10(6)18-5-19-11/h3-4,9,15H,2,5H2,1H3. The van der Waals surface area contributed by atoms with Gasteiger partial charge in [0.05, 0.1) is 12.2 Å². The van der Waals surface area contributed by atoms with E-state index in [0.29, 0.717) is 10.8 Å². The fraction of sp³-hybridized carbons (Fsp3) is 0.333. The molecule has 0 amide bonds. The van der Waals surface area contributed by atoms with Crippen molar-refractivity contribution in [1.82, 2.24) is 0 Å². The first-order valence-corrected chi connectivity index (χ1v) is 6.31. The predicted octanol–water partition coefficient (Wildman–Crippen LogP) is 1.59. The van der Waals surface area contributed by atoms with Crippen LogP contribution in [0.5, 0.6) is 11.5 Å². The molecule has 1 aromatic rings. The third-order valence-electron chi connectivity index (χ3n) is 2.58. The van der Waals surface area contributed by atoms with Crippen molar-refractivity contribution in [2.75, 3.05) is 13.4 Å². The van der Waals surface area contributed by atoms with Gasteiger partial charge in [0.25, 0.3) is 0 Å². The molecule has 102 valence electrons. The number of halogens is 1. The molecule has 0 fully saturated rings. The van der Waals surface area contributed by atoms with Gasteiger partial charge in [0.1, 0.15) is 0 Å². The molecule has 0 aliphatic carbocycles. The van der Waals surface area contributed by atoms with E-state index in [1.165, 1.54) is 6.07 Å². The number of aliphatic hydroxyl groups excluding tert-OH is 1. The maximum Gasteiger partial charge on any atom is 0.339 e. The largest absolute Gasteiger partial charge is 0.464 e. The molecule has 1 aliphatic heterocycles. The van der Waals surface area contributed by atoms with Crippen LogP contribution in [-0.2, 0) is 9.53 Å². The Hall–Kier alpha value is -1.60. The van der Waals surface area contributed by atoms with Gasteiger partial charge in [-0.25, -0.2) is 4.79 Å². The van der Waals surface area contributed by atoms with Crippen molar-refractivity contribution in [3.05, 3.63) is 21.7 Å². The number of benzene rings is 1. The summed E-state index contributed by atoms with van der Waals surface area (Å²) in [7, 11) is 0. The third-order valence-corrected chi connectivity index (χ3v) is 3.24. The number of carbonyl (C=O) groups excluding carboxylic acids is 2. The summed E-state index contributed by atoms with van der Waals surface area (Å²) in [6.45, 7) is 1.72. The molecule has 1 aliphatic rings. The van der Waals surface area contributed by atoms with Crippen LogP contribution in [0.4, 0.5) is 0 Å². The SMILES string of the molecule is CCOC(=O)C(O)c1cc(Br)c(C=O)c2c1OCO2. The van der Waals surface area contributed by atoms with Gasteiger partial charge in [-0.1, -0.05) is 0 Å². The summed E-state index contributed by atoms with van der Waals surface area (Å²) >= 11 is 3.19. The zero-order valence-corrected chi connectivity index (χ0v) is 11.6. The molecular weight excluding hydrogens is 320 g/mol. The number of hydrogen-bond donors (Lipinski definition) is 1. The molecule has 0 saturated carbocycles. The second kappa shape index (κ2) is 5.58. The van der Waals surface area contributed by atoms with Crippen molar-refractivity contribution in [2.24, 2.45) is 0 Å². The van der Waals surface area contributed by atoms with Crippen LogP contribution in [0.15, 0.2) is 10.5 Å². The van der Waals surface area contributed by atoms with Crippen LogP contribution in [0.1, 0.15) is 28.9 Å². The van der Waals surface area contributed by atoms with Crippen LogP contribution in [0, 0.1) is 0 Å². The minimum Gasteiger partial charge on any atom is -0.464 e. The fourth-order valence-electron chi connectivity index (χ4n) is 1.74. The van der Waals surface area contributed by atoms with Gasteiger partial charge in [-0.05, 0) is 28.9 Å². The van der Waals surface area contributed by atoms with Crippen molar-refractivity contribution in [2.45, 2.75) is 13.0 Å². The van der Waals surface area contributed by atoms with E-state index in [-0.39, 0.29) is 36.0 Å². The number of ether oxygens (including phenoxy) is 3. The van der Waals surface area contributed by atoms with E-state index in [2.05, 4.69) is 15.9 Å². The van der Waals surface area contributed by atoms with Crippen molar-refractivity contribution in [3.63, 3.8) is 0 Å². The van der Waals surface area contributed by atoms with E-state index in [9.17, 15) is 14.7 Å². The summed E-state index contributed by atoms with van der Waals surface area (Å²) < 4.78 is 15.5. The van der Waals surface area contributed by atoms with Crippen molar-refractivity contribution in [1.29, 1.82) is 0 Å². The average Bonchev–Trinajstić information content (AvgIpc) is 2.86.